The summed E-state index contributed by atoms with van der Waals surface area (Å²) in [5.41, 5.74) is 2.84. The lowest BCUT2D eigenvalue weighted by molar-refractivity contribution is -0.131. The first-order chi connectivity index (χ1) is 14.1. The van der Waals surface area contributed by atoms with Crippen LogP contribution in [0.2, 0.25) is 0 Å². The topological polar surface area (TPSA) is 65.0 Å². The van der Waals surface area contributed by atoms with E-state index < -0.39 is 0 Å². The maximum atomic E-state index is 11.1. The molecule has 4 rings (SSSR count). The minimum atomic E-state index is -0.348. The molecular weight excluding hydrogens is 368 g/mol. The van der Waals surface area contributed by atoms with E-state index in [1.54, 1.807) is 18.2 Å². The lowest BCUT2D eigenvalue weighted by Gasteiger charge is -2.27. The predicted molar refractivity (Wildman–Crippen MR) is 108 cm³/mol. The summed E-state index contributed by atoms with van der Waals surface area (Å²) in [5, 5.41) is 10.4. The summed E-state index contributed by atoms with van der Waals surface area (Å²) < 4.78 is 17.1. The van der Waals surface area contributed by atoms with E-state index in [1.807, 2.05) is 48.5 Å². The molecule has 0 bridgehead atoms. The fourth-order valence-corrected chi connectivity index (χ4v) is 3.43. The Hall–Kier alpha value is -3.47. The van der Waals surface area contributed by atoms with Crippen molar-refractivity contribution < 1.29 is 24.1 Å². The predicted octanol–water partition coefficient (Wildman–Crippen LogP) is 4.96. The Morgan fingerprint density at radius 2 is 1.83 bits per heavy atom. The number of carbonyl (C=O) groups excluding carboxylic acids is 1. The molecule has 0 aromatic heterocycles. The molecule has 0 spiro atoms. The molecule has 1 aliphatic rings. The van der Waals surface area contributed by atoms with Crippen LogP contribution in [0.4, 0.5) is 0 Å². The van der Waals surface area contributed by atoms with Crippen LogP contribution in [0.5, 0.6) is 23.0 Å². The molecule has 0 radical (unpaired) electrons. The standard InChI is InChI=1S/C24H22O5/c1-16(25)28-19-9-7-18(8-10-19)23-12-11-21-22(26)13-20(14-24(21)29-23)27-15-17-5-3-2-4-6-17/h2-10,13-14,23,26H,11-12,15H2,1H3. The van der Waals surface area contributed by atoms with Gasteiger partial charge in [0.25, 0.3) is 0 Å². The zero-order valence-corrected chi connectivity index (χ0v) is 16.1. The van der Waals surface area contributed by atoms with Gasteiger partial charge in [-0.25, -0.2) is 0 Å². The Bertz CT molecular complexity index is 996. The Balaban J connectivity index is 1.49. The summed E-state index contributed by atoms with van der Waals surface area (Å²) in [6.07, 6.45) is 1.31. The zero-order valence-electron chi connectivity index (χ0n) is 16.1. The number of rotatable bonds is 5. The van der Waals surface area contributed by atoms with Crippen molar-refractivity contribution in [2.24, 2.45) is 0 Å². The SMILES string of the molecule is CC(=O)Oc1ccc(C2CCc3c(O)cc(OCc4ccccc4)cc3O2)cc1. The van der Waals surface area contributed by atoms with Crippen LogP contribution >= 0.6 is 0 Å². The number of esters is 1. The van der Waals surface area contributed by atoms with E-state index in [0.717, 1.165) is 23.1 Å². The maximum Gasteiger partial charge on any atom is 0.308 e. The molecule has 1 atom stereocenters. The average Bonchev–Trinajstić information content (AvgIpc) is 2.73. The highest BCUT2D eigenvalue weighted by Crippen LogP contribution is 2.42. The van der Waals surface area contributed by atoms with Crippen LogP contribution in [0.25, 0.3) is 0 Å². The highest BCUT2D eigenvalue weighted by atomic mass is 16.5. The number of fused-ring (bicyclic) bond motifs is 1. The van der Waals surface area contributed by atoms with Gasteiger partial charge in [0, 0.05) is 24.6 Å². The summed E-state index contributed by atoms with van der Waals surface area (Å²) in [6, 6.07) is 20.6. The van der Waals surface area contributed by atoms with E-state index in [-0.39, 0.29) is 17.8 Å². The Kier molecular flexibility index (Phi) is 5.38. The minimum absolute atomic E-state index is 0.141. The molecule has 3 aromatic carbocycles. The smallest absolute Gasteiger partial charge is 0.308 e. The number of aromatic hydroxyl groups is 1. The molecule has 1 aliphatic heterocycles. The molecule has 0 amide bonds. The molecule has 0 fully saturated rings. The quantitative estimate of drug-likeness (QED) is 0.493. The van der Waals surface area contributed by atoms with Gasteiger partial charge in [0.2, 0.25) is 0 Å². The number of phenols is 1. The molecule has 3 aromatic rings. The van der Waals surface area contributed by atoms with Crippen LogP contribution in [0.3, 0.4) is 0 Å². The van der Waals surface area contributed by atoms with Gasteiger partial charge in [0.15, 0.2) is 0 Å². The highest BCUT2D eigenvalue weighted by Gasteiger charge is 2.24. The zero-order chi connectivity index (χ0) is 20.2. The number of carbonyl (C=O) groups is 1. The lowest BCUT2D eigenvalue weighted by atomic mass is 9.96. The monoisotopic (exact) mass is 390 g/mol. The van der Waals surface area contributed by atoms with Crippen molar-refractivity contribution in [1.29, 1.82) is 0 Å². The van der Waals surface area contributed by atoms with Gasteiger partial charge in [-0.3, -0.25) is 4.79 Å². The van der Waals surface area contributed by atoms with Crippen molar-refractivity contribution in [3.63, 3.8) is 0 Å². The van der Waals surface area contributed by atoms with Crippen LogP contribution in [0.15, 0.2) is 66.7 Å². The largest absolute Gasteiger partial charge is 0.507 e. The van der Waals surface area contributed by atoms with Gasteiger partial charge in [0.05, 0.1) is 0 Å². The molecule has 1 unspecified atom stereocenters. The Morgan fingerprint density at radius 3 is 2.55 bits per heavy atom. The molecule has 0 saturated carbocycles. The summed E-state index contributed by atoms with van der Waals surface area (Å²) in [7, 11) is 0. The van der Waals surface area contributed by atoms with Crippen LogP contribution in [0.1, 0.15) is 36.1 Å². The fourth-order valence-electron chi connectivity index (χ4n) is 3.43. The summed E-state index contributed by atoms with van der Waals surface area (Å²) >= 11 is 0. The van der Waals surface area contributed by atoms with E-state index in [4.69, 9.17) is 14.2 Å². The maximum absolute atomic E-state index is 11.1. The molecule has 148 valence electrons. The van der Waals surface area contributed by atoms with Crippen molar-refractivity contribution >= 4 is 5.97 Å². The van der Waals surface area contributed by atoms with Gasteiger partial charge in [0.1, 0.15) is 35.7 Å². The first kappa shape index (κ1) is 18.9. The van der Waals surface area contributed by atoms with Gasteiger partial charge in [-0.15, -0.1) is 0 Å². The number of ether oxygens (including phenoxy) is 3. The van der Waals surface area contributed by atoms with E-state index >= 15 is 0 Å². The molecule has 1 heterocycles. The van der Waals surface area contributed by atoms with E-state index in [1.165, 1.54) is 6.92 Å². The normalized spacial score (nSPS) is 15.1. The molecule has 5 nitrogen and oxygen atoms in total. The van der Waals surface area contributed by atoms with Crippen LogP contribution < -0.4 is 14.2 Å². The van der Waals surface area contributed by atoms with Gasteiger partial charge in [-0.1, -0.05) is 42.5 Å². The third kappa shape index (κ3) is 4.51. The number of phenolic OH excluding ortho intramolecular Hbond substituents is 1. The summed E-state index contributed by atoms with van der Waals surface area (Å²) in [5.74, 6) is 1.55. The highest BCUT2D eigenvalue weighted by molar-refractivity contribution is 5.69. The van der Waals surface area contributed by atoms with Crippen LogP contribution in [0, 0.1) is 0 Å². The van der Waals surface area contributed by atoms with Crippen LogP contribution in [-0.2, 0) is 17.8 Å². The van der Waals surface area contributed by atoms with Crippen molar-refractivity contribution in [3.8, 4) is 23.0 Å². The number of hydrogen-bond acceptors (Lipinski definition) is 5. The molecule has 29 heavy (non-hydrogen) atoms. The molecular formula is C24H22O5. The molecule has 0 aliphatic carbocycles. The molecule has 5 heteroatoms. The Morgan fingerprint density at radius 1 is 1.07 bits per heavy atom. The number of hydrogen-bond donors (Lipinski definition) is 1. The third-order valence-corrected chi connectivity index (χ3v) is 4.85. The van der Waals surface area contributed by atoms with E-state index in [9.17, 15) is 9.90 Å². The van der Waals surface area contributed by atoms with Crippen molar-refractivity contribution in [3.05, 3.63) is 83.4 Å². The second kappa shape index (κ2) is 8.27. The van der Waals surface area contributed by atoms with Gasteiger partial charge >= 0.3 is 5.97 Å². The average molecular weight is 390 g/mol. The summed E-state index contributed by atoms with van der Waals surface area (Å²) in [4.78, 5) is 11.1. The lowest BCUT2D eigenvalue weighted by Crippen LogP contribution is -2.15. The Labute approximate surface area is 169 Å². The third-order valence-electron chi connectivity index (χ3n) is 4.85. The van der Waals surface area contributed by atoms with Crippen molar-refractivity contribution in [2.45, 2.75) is 32.5 Å². The number of benzene rings is 3. The van der Waals surface area contributed by atoms with Gasteiger partial charge in [-0.05, 0) is 36.1 Å². The van der Waals surface area contributed by atoms with E-state index in [0.29, 0.717) is 30.3 Å². The molecule has 1 N–H and O–H groups in total. The molecule has 0 saturated heterocycles. The minimum Gasteiger partial charge on any atom is -0.507 e. The summed E-state index contributed by atoms with van der Waals surface area (Å²) in [6.45, 7) is 1.79. The second-order valence-corrected chi connectivity index (χ2v) is 7.00. The first-order valence-electron chi connectivity index (χ1n) is 9.56. The first-order valence-corrected chi connectivity index (χ1v) is 9.56. The van der Waals surface area contributed by atoms with Crippen molar-refractivity contribution in [2.75, 3.05) is 0 Å². The fraction of sp³-hybridized carbons (Fsp3) is 0.208. The second-order valence-electron chi connectivity index (χ2n) is 7.00. The van der Waals surface area contributed by atoms with Crippen molar-refractivity contribution in [1.82, 2.24) is 0 Å². The van der Waals surface area contributed by atoms with Crippen LogP contribution in [-0.4, -0.2) is 11.1 Å². The van der Waals surface area contributed by atoms with Gasteiger partial charge in [-0.2, -0.15) is 0 Å². The van der Waals surface area contributed by atoms with E-state index in [2.05, 4.69) is 0 Å². The van der Waals surface area contributed by atoms with Gasteiger partial charge < -0.3 is 19.3 Å².